The van der Waals surface area contributed by atoms with Crippen LogP contribution in [-0.2, 0) is 0 Å². The maximum atomic E-state index is 2.12. The molecule has 0 unspecified atom stereocenters. The lowest BCUT2D eigenvalue weighted by Gasteiger charge is -2.33. The third kappa shape index (κ3) is 1.90. The molecular formula is C12H18N2. The van der Waals surface area contributed by atoms with Gasteiger partial charge in [0.05, 0.1) is 5.69 Å². The van der Waals surface area contributed by atoms with Crippen molar-refractivity contribution in [3.05, 3.63) is 36.0 Å². The van der Waals surface area contributed by atoms with Gasteiger partial charge in [0.25, 0.3) is 0 Å². The molecule has 0 saturated heterocycles. The molecule has 0 fully saturated rings. The smallest absolute Gasteiger partial charge is 0.0643 e. The predicted octanol–water partition coefficient (Wildman–Crippen LogP) is 2.98. The van der Waals surface area contributed by atoms with Gasteiger partial charge in [0.1, 0.15) is 0 Å². The third-order valence-corrected chi connectivity index (χ3v) is 2.23. The van der Waals surface area contributed by atoms with Crippen LogP contribution in [0.4, 0.5) is 5.69 Å². The molecule has 1 aliphatic rings. The third-order valence-electron chi connectivity index (χ3n) is 2.23. The van der Waals surface area contributed by atoms with E-state index in [9.17, 15) is 0 Å². The summed E-state index contributed by atoms with van der Waals surface area (Å²) in [5, 5.41) is 4.18. The highest BCUT2D eigenvalue weighted by Crippen LogP contribution is 2.25. The van der Waals surface area contributed by atoms with E-state index in [1.165, 1.54) is 11.3 Å². The van der Waals surface area contributed by atoms with Gasteiger partial charge in [-0.1, -0.05) is 32.0 Å². The van der Waals surface area contributed by atoms with Crippen molar-refractivity contribution in [2.24, 2.45) is 0 Å². The van der Waals surface area contributed by atoms with E-state index in [-0.39, 0.29) is 0 Å². The molecule has 0 spiro atoms. The van der Waals surface area contributed by atoms with Crippen molar-refractivity contribution in [1.82, 2.24) is 5.01 Å². The number of rotatable bonds is 0. The molecule has 0 aliphatic carbocycles. The second kappa shape index (κ2) is 4.70. The minimum atomic E-state index is 1.25. The Morgan fingerprint density at radius 1 is 1.00 bits per heavy atom. The van der Waals surface area contributed by atoms with Crippen LogP contribution in [0.1, 0.15) is 19.4 Å². The molecule has 1 aromatic rings. The van der Waals surface area contributed by atoms with Gasteiger partial charge in [-0.25, -0.2) is 0 Å². The second-order valence-electron chi connectivity index (χ2n) is 2.97. The Bertz CT molecular complexity index is 318. The average Bonchev–Trinajstić information content (AvgIpc) is 2.27. The largest absolute Gasteiger partial charge is 0.296 e. The lowest BCUT2D eigenvalue weighted by Crippen LogP contribution is -2.34. The summed E-state index contributed by atoms with van der Waals surface area (Å²) in [6, 6.07) is 8.36. The van der Waals surface area contributed by atoms with Gasteiger partial charge in [-0.15, -0.1) is 0 Å². The van der Waals surface area contributed by atoms with E-state index in [1.54, 1.807) is 0 Å². The lowest BCUT2D eigenvalue weighted by atomic mass is 10.1. The molecule has 1 aliphatic heterocycles. The molecule has 0 bridgehead atoms. The van der Waals surface area contributed by atoms with Crippen LogP contribution < -0.4 is 5.01 Å². The van der Waals surface area contributed by atoms with Crippen LogP contribution in [0.2, 0.25) is 0 Å². The number of hydrazine groups is 1. The van der Waals surface area contributed by atoms with E-state index >= 15 is 0 Å². The summed E-state index contributed by atoms with van der Waals surface area (Å²) < 4.78 is 0. The van der Waals surface area contributed by atoms with Crippen LogP contribution in [0.15, 0.2) is 30.5 Å². The van der Waals surface area contributed by atoms with Crippen molar-refractivity contribution in [2.45, 2.75) is 13.8 Å². The number of benzene rings is 1. The standard InChI is InChI=1S/C10H12N2.C2H6/c1-11-8-7-9-5-3-4-6-10(9)12(11)2;1-2/h3-8H,1-2H3;1-2H3. The summed E-state index contributed by atoms with van der Waals surface area (Å²) in [6.45, 7) is 4.00. The molecule has 0 radical (unpaired) electrons. The minimum Gasteiger partial charge on any atom is -0.296 e. The molecule has 0 aromatic heterocycles. The summed E-state index contributed by atoms with van der Waals surface area (Å²) in [5.41, 5.74) is 2.53. The number of fused-ring (bicyclic) bond motifs is 1. The Hall–Kier alpha value is -1.44. The Balaban J connectivity index is 0.000000461. The van der Waals surface area contributed by atoms with Gasteiger partial charge < -0.3 is 0 Å². The highest BCUT2D eigenvalue weighted by molar-refractivity contribution is 5.69. The topological polar surface area (TPSA) is 6.48 Å². The molecule has 1 heterocycles. The van der Waals surface area contributed by atoms with Gasteiger partial charge in [-0.3, -0.25) is 10.0 Å². The fourth-order valence-corrected chi connectivity index (χ4v) is 1.38. The Morgan fingerprint density at radius 3 is 2.36 bits per heavy atom. The normalized spacial score (nSPS) is 13.1. The minimum absolute atomic E-state index is 1.25. The van der Waals surface area contributed by atoms with E-state index in [2.05, 4.69) is 53.6 Å². The van der Waals surface area contributed by atoms with E-state index in [1.807, 2.05) is 20.9 Å². The molecular weight excluding hydrogens is 172 g/mol. The van der Waals surface area contributed by atoms with E-state index in [0.29, 0.717) is 0 Å². The number of anilines is 1. The van der Waals surface area contributed by atoms with E-state index in [4.69, 9.17) is 0 Å². The van der Waals surface area contributed by atoms with Crippen molar-refractivity contribution >= 4 is 11.8 Å². The molecule has 2 nitrogen and oxygen atoms in total. The van der Waals surface area contributed by atoms with Crippen LogP contribution in [0.5, 0.6) is 0 Å². The first kappa shape index (κ1) is 10.6. The van der Waals surface area contributed by atoms with Gasteiger partial charge in [-0.2, -0.15) is 0 Å². The highest BCUT2D eigenvalue weighted by Gasteiger charge is 2.10. The zero-order valence-electron chi connectivity index (χ0n) is 9.36. The summed E-state index contributed by atoms with van der Waals surface area (Å²) in [5.74, 6) is 0. The zero-order valence-corrected chi connectivity index (χ0v) is 9.36. The van der Waals surface area contributed by atoms with Gasteiger partial charge >= 0.3 is 0 Å². The Labute approximate surface area is 86.4 Å². The first-order chi connectivity index (χ1) is 6.79. The van der Waals surface area contributed by atoms with Gasteiger partial charge in [0, 0.05) is 25.9 Å². The van der Waals surface area contributed by atoms with Crippen molar-refractivity contribution in [3.63, 3.8) is 0 Å². The molecule has 1 aromatic carbocycles. The second-order valence-corrected chi connectivity index (χ2v) is 2.97. The fourth-order valence-electron chi connectivity index (χ4n) is 1.38. The van der Waals surface area contributed by atoms with Gasteiger partial charge in [0.15, 0.2) is 0 Å². The van der Waals surface area contributed by atoms with Crippen LogP contribution >= 0.6 is 0 Å². The summed E-state index contributed by atoms with van der Waals surface area (Å²) in [6.07, 6.45) is 4.18. The first-order valence-corrected chi connectivity index (χ1v) is 5.03. The summed E-state index contributed by atoms with van der Waals surface area (Å²) in [4.78, 5) is 0. The van der Waals surface area contributed by atoms with Gasteiger partial charge in [0.2, 0.25) is 0 Å². The predicted molar refractivity (Wildman–Crippen MR) is 63.0 cm³/mol. The summed E-state index contributed by atoms with van der Waals surface area (Å²) >= 11 is 0. The van der Waals surface area contributed by atoms with Gasteiger partial charge in [-0.05, 0) is 12.1 Å². The molecule has 2 rings (SSSR count). The molecule has 0 atom stereocenters. The zero-order chi connectivity index (χ0) is 10.6. The molecule has 0 amide bonds. The SMILES string of the molecule is CC.CN1C=Cc2ccccc2N1C. The quantitative estimate of drug-likeness (QED) is 0.620. The number of hydrogen-bond acceptors (Lipinski definition) is 2. The van der Waals surface area contributed by atoms with Crippen molar-refractivity contribution < 1.29 is 0 Å². The average molecular weight is 190 g/mol. The van der Waals surface area contributed by atoms with Crippen LogP contribution in [-0.4, -0.2) is 19.1 Å². The van der Waals surface area contributed by atoms with Crippen LogP contribution in [0.25, 0.3) is 6.08 Å². The van der Waals surface area contributed by atoms with Crippen LogP contribution in [0.3, 0.4) is 0 Å². The van der Waals surface area contributed by atoms with Crippen LogP contribution in [0, 0.1) is 0 Å². The molecule has 0 N–H and O–H groups in total. The highest BCUT2D eigenvalue weighted by atomic mass is 15.6. The molecule has 76 valence electrons. The van der Waals surface area contributed by atoms with E-state index in [0.717, 1.165) is 0 Å². The van der Waals surface area contributed by atoms with Crippen molar-refractivity contribution in [2.75, 3.05) is 19.1 Å². The van der Waals surface area contributed by atoms with E-state index < -0.39 is 0 Å². The molecule has 2 heteroatoms. The monoisotopic (exact) mass is 190 g/mol. The molecule has 0 saturated carbocycles. The number of para-hydroxylation sites is 1. The summed E-state index contributed by atoms with van der Waals surface area (Å²) in [7, 11) is 4.09. The number of hydrogen-bond donors (Lipinski definition) is 0. The fraction of sp³-hybridized carbons (Fsp3) is 0.333. The maximum absolute atomic E-state index is 2.12. The number of nitrogens with zero attached hydrogens (tertiary/aromatic N) is 2. The molecule has 14 heavy (non-hydrogen) atoms. The lowest BCUT2D eigenvalue weighted by molar-refractivity contribution is 0.442. The Kier molecular flexibility index (Phi) is 3.57. The van der Waals surface area contributed by atoms with Crippen molar-refractivity contribution in [3.8, 4) is 0 Å². The van der Waals surface area contributed by atoms with Crippen molar-refractivity contribution in [1.29, 1.82) is 0 Å². The Morgan fingerprint density at radius 2 is 1.64 bits per heavy atom. The maximum Gasteiger partial charge on any atom is 0.0643 e. The first-order valence-electron chi connectivity index (χ1n) is 5.03.